The zero-order valence-electron chi connectivity index (χ0n) is 13.0. The molecule has 3 nitrogen and oxygen atoms in total. The van der Waals surface area contributed by atoms with Crippen molar-refractivity contribution in [3.63, 3.8) is 0 Å². The highest BCUT2D eigenvalue weighted by Gasteiger charge is 2.32. The third-order valence-corrected chi connectivity index (χ3v) is 4.55. The van der Waals surface area contributed by atoms with Crippen LogP contribution in [0.4, 0.5) is 0 Å². The molecule has 1 amide bonds. The third-order valence-electron chi connectivity index (χ3n) is 4.55. The predicted octanol–water partition coefficient (Wildman–Crippen LogP) is 2.97. The van der Waals surface area contributed by atoms with Gasteiger partial charge in [0.25, 0.3) is 0 Å². The molecular formula is C15H31ClN2O. The number of carbonyl (C=O) groups is 1. The largest absolute Gasteiger partial charge is 0.353 e. The van der Waals surface area contributed by atoms with Crippen LogP contribution in [0.3, 0.4) is 0 Å². The average molecular weight is 291 g/mol. The van der Waals surface area contributed by atoms with Crippen molar-refractivity contribution < 1.29 is 4.79 Å². The first-order valence-electron chi connectivity index (χ1n) is 7.38. The molecule has 1 aliphatic carbocycles. The second-order valence-electron chi connectivity index (χ2n) is 6.59. The van der Waals surface area contributed by atoms with Gasteiger partial charge in [0.05, 0.1) is 0 Å². The van der Waals surface area contributed by atoms with E-state index in [4.69, 9.17) is 5.73 Å². The molecule has 0 radical (unpaired) electrons. The van der Waals surface area contributed by atoms with Crippen molar-refractivity contribution in [3.8, 4) is 0 Å². The van der Waals surface area contributed by atoms with Crippen molar-refractivity contribution in [2.24, 2.45) is 29.4 Å². The van der Waals surface area contributed by atoms with Crippen LogP contribution in [0.1, 0.15) is 53.9 Å². The van der Waals surface area contributed by atoms with Crippen LogP contribution in [0.15, 0.2) is 0 Å². The van der Waals surface area contributed by atoms with Crippen LogP contribution < -0.4 is 11.1 Å². The summed E-state index contributed by atoms with van der Waals surface area (Å²) in [4.78, 5) is 12.1. The lowest BCUT2D eigenvalue weighted by atomic mass is 9.74. The summed E-state index contributed by atoms with van der Waals surface area (Å²) in [5.41, 5.74) is 5.80. The fourth-order valence-corrected chi connectivity index (χ4v) is 2.92. The van der Waals surface area contributed by atoms with E-state index in [1.807, 2.05) is 13.8 Å². The number of nitrogens with two attached hydrogens (primary N) is 1. The van der Waals surface area contributed by atoms with Crippen LogP contribution in [-0.2, 0) is 4.79 Å². The van der Waals surface area contributed by atoms with E-state index < -0.39 is 0 Å². The first kappa shape index (κ1) is 18.7. The maximum absolute atomic E-state index is 12.1. The first-order chi connectivity index (χ1) is 8.32. The van der Waals surface area contributed by atoms with Crippen LogP contribution in [0.2, 0.25) is 0 Å². The molecule has 5 unspecified atom stereocenters. The Balaban J connectivity index is 0.00000324. The summed E-state index contributed by atoms with van der Waals surface area (Å²) in [7, 11) is 0. The van der Waals surface area contributed by atoms with Crippen molar-refractivity contribution in [1.82, 2.24) is 5.32 Å². The molecule has 0 saturated heterocycles. The highest BCUT2D eigenvalue weighted by atomic mass is 35.5. The zero-order valence-corrected chi connectivity index (χ0v) is 13.8. The van der Waals surface area contributed by atoms with Gasteiger partial charge in [0, 0.05) is 18.0 Å². The van der Waals surface area contributed by atoms with Gasteiger partial charge in [0.15, 0.2) is 0 Å². The Hall–Kier alpha value is -0.280. The molecule has 19 heavy (non-hydrogen) atoms. The predicted molar refractivity (Wildman–Crippen MR) is 83.3 cm³/mol. The Morgan fingerprint density at radius 1 is 1.21 bits per heavy atom. The quantitative estimate of drug-likeness (QED) is 0.836. The van der Waals surface area contributed by atoms with Gasteiger partial charge >= 0.3 is 0 Å². The Kier molecular flexibility index (Phi) is 7.99. The molecule has 1 fully saturated rings. The molecule has 0 aromatic rings. The lowest BCUT2D eigenvalue weighted by molar-refractivity contribution is -0.126. The van der Waals surface area contributed by atoms with Gasteiger partial charge in [-0.05, 0) is 37.5 Å². The number of halogens is 1. The molecule has 1 rings (SSSR count). The van der Waals surface area contributed by atoms with Crippen molar-refractivity contribution in [2.75, 3.05) is 0 Å². The topological polar surface area (TPSA) is 55.1 Å². The number of hydrogen-bond acceptors (Lipinski definition) is 2. The molecule has 1 saturated carbocycles. The second-order valence-corrected chi connectivity index (χ2v) is 6.59. The minimum Gasteiger partial charge on any atom is -0.353 e. The van der Waals surface area contributed by atoms with E-state index in [0.717, 1.165) is 12.3 Å². The fourth-order valence-electron chi connectivity index (χ4n) is 2.92. The van der Waals surface area contributed by atoms with Gasteiger partial charge in [0.1, 0.15) is 0 Å². The van der Waals surface area contributed by atoms with Crippen molar-refractivity contribution >= 4 is 18.3 Å². The number of nitrogens with one attached hydrogen (secondary N) is 1. The Bertz CT molecular complexity index is 281. The van der Waals surface area contributed by atoms with Gasteiger partial charge in [0.2, 0.25) is 5.91 Å². The average Bonchev–Trinajstić information content (AvgIpc) is 2.27. The molecule has 5 atom stereocenters. The summed E-state index contributed by atoms with van der Waals surface area (Å²) in [6.45, 7) is 10.6. The second kappa shape index (κ2) is 8.11. The molecule has 0 spiro atoms. The minimum atomic E-state index is -0.102. The van der Waals surface area contributed by atoms with Crippen molar-refractivity contribution in [3.05, 3.63) is 0 Å². The number of amides is 1. The van der Waals surface area contributed by atoms with Gasteiger partial charge in [-0.3, -0.25) is 4.79 Å². The number of hydrogen-bond donors (Lipinski definition) is 2. The van der Waals surface area contributed by atoms with E-state index >= 15 is 0 Å². The minimum absolute atomic E-state index is 0. The normalized spacial score (nSPS) is 30.4. The molecular weight excluding hydrogens is 260 g/mol. The SMILES string of the molecule is CC1CCC(C(C)C)C(NC(=O)C(C)C(C)N)C1.Cl. The van der Waals surface area contributed by atoms with Crippen molar-refractivity contribution in [2.45, 2.75) is 66.0 Å². The molecule has 114 valence electrons. The summed E-state index contributed by atoms with van der Waals surface area (Å²) < 4.78 is 0. The van der Waals surface area contributed by atoms with Crippen LogP contribution in [0.25, 0.3) is 0 Å². The molecule has 0 aromatic carbocycles. The molecule has 3 N–H and O–H groups in total. The summed E-state index contributed by atoms with van der Waals surface area (Å²) in [5, 5.41) is 3.24. The molecule has 0 heterocycles. The van der Waals surface area contributed by atoms with Gasteiger partial charge in [-0.15, -0.1) is 12.4 Å². The van der Waals surface area contributed by atoms with E-state index in [2.05, 4.69) is 26.1 Å². The molecule has 0 aromatic heterocycles. The van der Waals surface area contributed by atoms with Crippen molar-refractivity contribution in [1.29, 1.82) is 0 Å². The van der Waals surface area contributed by atoms with Crippen LogP contribution in [-0.4, -0.2) is 18.0 Å². The standard InChI is InChI=1S/C15H30N2O.ClH/c1-9(2)13-7-6-10(3)8-14(13)17-15(18)11(4)12(5)16;/h9-14H,6-8,16H2,1-5H3,(H,17,18);1H. The molecule has 1 aliphatic rings. The monoisotopic (exact) mass is 290 g/mol. The number of rotatable bonds is 4. The summed E-state index contributed by atoms with van der Waals surface area (Å²) >= 11 is 0. The Morgan fingerprint density at radius 3 is 2.26 bits per heavy atom. The van der Waals surface area contributed by atoms with Gasteiger partial charge < -0.3 is 11.1 Å². The summed E-state index contributed by atoms with van der Waals surface area (Å²) in [5.74, 6) is 1.99. The fraction of sp³-hybridized carbons (Fsp3) is 0.933. The van der Waals surface area contributed by atoms with E-state index in [0.29, 0.717) is 17.9 Å². The van der Waals surface area contributed by atoms with Crippen LogP contribution in [0.5, 0.6) is 0 Å². The van der Waals surface area contributed by atoms with E-state index in [9.17, 15) is 4.79 Å². The Labute approximate surface area is 124 Å². The molecule has 0 aliphatic heterocycles. The molecule has 4 heteroatoms. The third kappa shape index (κ3) is 5.31. The lowest BCUT2D eigenvalue weighted by Gasteiger charge is -2.38. The van der Waals surface area contributed by atoms with Crippen LogP contribution in [0, 0.1) is 23.7 Å². The summed E-state index contributed by atoms with van der Waals surface area (Å²) in [6, 6.07) is 0.256. The highest BCUT2D eigenvalue weighted by Crippen LogP contribution is 2.33. The smallest absolute Gasteiger partial charge is 0.224 e. The number of carbonyl (C=O) groups excluding carboxylic acids is 1. The highest BCUT2D eigenvalue weighted by molar-refractivity contribution is 5.85. The van der Waals surface area contributed by atoms with Crippen LogP contribution >= 0.6 is 12.4 Å². The van der Waals surface area contributed by atoms with Gasteiger partial charge in [-0.25, -0.2) is 0 Å². The van der Waals surface area contributed by atoms with E-state index in [1.165, 1.54) is 12.8 Å². The van der Waals surface area contributed by atoms with E-state index in [1.54, 1.807) is 0 Å². The summed E-state index contributed by atoms with van der Waals surface area (Å²) in [6.07, 6.45) is 3.63. The maximum Gasteiger partial charge on any atom is 0.224 e. The van der Waals surface area contributed by atoms with Gasteiger partial charge in [-0.1, -0.05) is 34.1 Å². The Morgan fingerprint density at radius 2 is 1.79 bits per heavy atom. The zero-order chi connectivity index (χ0) is 13.9. The lowest BCUT2D eigenvalue weighted by Crippen LogP contribution is -2.49. The maximum atomic E-state index is 12.1. The first-order valence-corrected chi connectivity index (χ1v) is 7.38. The van der Waals surface area contributed by atoms with E-state index in [-0.39, 0.29) is 30.3 Å². The molecule has 0 bridgehead atoms. The van der Waals surface area contributed by atoms with Gasteiger partial charge in [-0.2, -0.15) is 0 Å².